The molecule has 2 aromatic heterocycles. The van der Waals surface area contributed by atoms with Crippen LogP contribution in [-0.2, 0) is 6.42 Å². The minimum Gasteiger partial charge on any atom is -0.322 e. The number of nitrogens with zero attached hydrogens (tertiary/aromatic N) is 2. The van der Waals surface area contributed by atoms with E-state index in [-0.39, 0.29) is 6.04 Å². The Balaban J connectivity index is 2.08. The van der Waals surface area contributed by atoms with Gasteiger partial charge in [0.2, 0.25) is 0 Å². The summed E-state index contributed by atoms with van der Waals surface area (Å²) in [6.45, 7) is 1.90. The maximum Gasteiger partial charge on any atom is 0.0931 e. The molecule has 84 valence electrons. The van der Waals surface area contributed by atoms with Gasteiger partial charge in [-0.25, -0.2) is 0 Å². The summed E-state index contributed by atoms with van der Waals surface area (Å²) in [6.07, 6.45) is 4.21. The molecule has 0 saturated carbocycles. The van der Waals surface area contributed by atoms with Gasteiger partial charge in [0.25, 0.3) is 0 Å². The third kappa shape index (κ3) is 2.78. The predicted octanol–water partition coefficient (Wildman–Crippen LogP) is 2.74. The molecule has 0 radical (unpaired) electrons. The standard InChI is InChI=1S/C11H12ClN3S/c1-7-5-15-10(6-14-7)9(13)4-8-2-3-11(12)16-8/h2-3,5-6,9H,4,13H2,1H3. The third-order valence-electron chi connectivity index (χ3n) is 2.23. The van der Waals surface area contributed by atoms with Gasteiger partial charge in [0.15, 0.2) is 0 Å². The summed E-state index contributed by atoms with van der Waals surface area (Å²) >= 11 is 7.41. The van der Waals surface area contributed by atoms with Crippen molar-refractivity contribution in [3.8, 4) is 0 Å². The van der Waals surface area contributed by atoms with Gasteiger partial charge in [0.05, 0.1) is 28.0 Å². The Morgan fingerprint density at radius 3 is 2.75 bits per heavy atom. The number of nitrogens with two attached hydrogens (primary N) is 1. The molecule has 0 aliphatic heterocycles. The quantitative estimate of drug-likeness (QED) is 0.915. The summed E-state index contributed by atoms with van der Waals surface area (Å²) in [7, 11) is 0. The number of hydrogen-bond donors (Lipinski definition) is 1. The second kappa shape index (κ2) is 4.91. The van der Waals surface area contributed by atoms with E-state index in [2.05, 4.69) is 9.97 Å². The van der Waals surface area contributed by atoms with Crippen molar-refractivity contribution in [2.45, 2.75) is 19.4 Å². The van der Waals surface area contributed by atoms with E-state index in [4.69, 9.17) is 17.3 Å². The highest BCUT2D eigenvalue weighted by atomic mass is 35.5. The van der Waals surface area contributed by atoms with Gasteiger partial charge >= 0.3 is 0 Å². The molecule has 1 atom stereocenters. The molecule has 1 unspecified atom stereocenters. The van der Waals surface area contributed by atoms with Crippen molar-refractivity contribution in [3.63, 3.8) is 0 Å². The lowest BCUT2D eigenvalue weighted by molar-refractivity contribution is 0.696. The number of aryl methyl sites for hydroxylation is 1. The first-order valence-corrected chi connectivity index (χ1v) is 6.13. The van der Waals surface area contributed by atoms with E-state index in [1.807, 2.05) is 19.1 Å². The Bertz CT molecular complexity index is 466. The van der Waals surface area contributed by atoms with Crippen molar-refractivity contribution in [1.29, 1.82) is 0 Å². The molecular formula is C11H12ClN3S. The SMILES string of the molecule is Cc1cnc(C(N)Cc2ccc(Cl)s2)cn1. The zero-order valence-corrected chi connectivity index (χ0v) is 10.4. The minimum absolute atomic E-state index is 0.122. The molecule has 0 fully saturated rings. The predicted molar refractivity (Wildman–Crippen MR) is 66.7 cm³/mol. The van der Waals surface area contributed by atoms with Crippen LogP contribution >= 0.6 is 22.9 Å². The maximum absolute atomic E-state index is 6.05. The lowest BCUT2D eigenvalue weighted by atomic mass is 10.1. The molecule has 16 heavy (non-hydrogen) atoms. The minimum atomic E-state index is -0.122. The van der Waals surface area contributed by atoms with Crippen molar-refractivity contribution in [1.82, 2.24) is 9.97 Å². The molecule has 0 bridgehead atoms. The zero-order chi connectivity index (χ0) is 11.5. The van der Waals surface area contributed by atoms with Gasteiger partial charge in [-0.15, -0.1) is 11.3 Å². The van der Waals surface area contributed by atoms with Crippen LogP contribution in [0.1, 0.15) is 22.3 Å². The molecule has 2 heterocycles. The molecule has 0 aromatic carbocycles. The first-order chi connectivity index (χ1) is 7.65. The van der Waals surface area contributed by atoms with Gasteiger partial charge in [-0.3, -0.25) is 9.97 Å². The smallest absolute Gasteiger partial charge is 0.0931 e. The third-order valence-corrected chi connectivity index (χ3v) is 3.48. The van der Waals surface area contributed by atoms with E-state index >= 15 is 0 Å². The van der Waals surface area contributed by atoms with Crippen LogP contribution in [0.5, 0.6) is 0 Å². The Labute approximate surface area is 103 Å². The number of hydrogen-bond acceptors (Lipinski definition) is 4. The van der Waals surface area contributed by atoms with Crippen LogP contribution in [0.25, 0.3) is 0 Å². The second-order valence-corrected chi connectivity index (χ2v) is 5.40. The molecule has 5 heteroatoms. The van der Waals surface area contributed by atoms with E-state index in [0.717, 1.165) is 22.1 Å². The molecule has 0 spiro atoms. The van der Waals surface area contributed by atoms with Crippen molar-refractivity contribution in [2.24, 2.45) is 5.73 Å². The largest absolute Gasteiger partial charge is 0.322 e. The number of halogens is 1. The summed E-state index contributed by atoms with van der Waals surface area (Å²) in [5.74, 6) is 0. The zero-order valence-electron chi connectivity index (χ0n) is 8.85. The topological polar surface area (TPSA) is 51.8 Å². The van der Waals surface area contributed by atoms with E-state index in [1.165, 1.54) is 4.88 Å². The number of aromatic nitrogens is 2. The van der Waals surface area contributed by atoms with E-state index in [9.17, 15) is 0 Å². The van der Waals surface area contributed by atoms with Crippen LogP contribution in [0.2, 0.25) is 4.34 Å². The normalized spacial score (nSPS) is 12.7. The van der Waals surface area contributed by atoms with Crippen LogP contribution in [0.15, 0.2) is 24.5 Å². The fourth-order valence-electron chi connectivity index (χ4n) is 1.38. The highest BCUT2D eigenvalue weighted by Gasteiger charge is 2.10. The van der Waals surface area contributed by atoms with E-state index in [0.29, 0.717) is 0 Å². The summed E-state index contributed by atoms with van der Waals surface area (Å²) in [4.78, 5) is 9.61. The lowest BCUT2D eigenvalue weighted by Gasteiger charge is -2.09. The van der Waals surface area contributed by atoms with E-state index < -0.39 is 0 Å². The average molecular weight is 254 g/mol. The molecule has 0 saturated heterocycles. The monoisotopic (exact) mass is 253 g/mol. The number of rotatable bonds is 3. The van der Waals surface area contributed by atoms with Crippen LogP contribution in [0.4, 0.5) is 0 Å². The van der Waals surface area contributed by atoms with Crippen molar-refractivity contribution >= 4 is 22.9 Å². The Hall–Kier alpha value is -0.970. The first kappa shape index (κ1) is 11.5. The molecule has 2 rings (SSSR count). The van der Waals surface area contributed by atoms with Gasteiger partial charge in [0, 0.05) is 17.5 Å². The van der Waals surface area contributed by atoms with Crippen LogP contribution in [0, 0.1) is 6.92 Å². The fourth-order valence-corrected chi connectivity index (χ4v) is 2.52. The Morgan fingerprint density at radius 2 is 2.19 bits per heavy atom. The molecule has 3 nitrogen and oxygen atoms in total. The van der Waals surface area contributed by atoms with E-state index in [1.54, 1.807) is 23.7 Å². The molecule has 0 aliphatic rings. The molecule has 2 N–H and O–H groups in total. The maximum atomic E-state index is 6.05. The van der Waals surface area contributed by atoms with Crippen LogP contribution in [-0.4, -0.2) is 9.97 Å². The highest BCUT2D eigenvalue weighted by molar-refractivity contribution is 7.16. The lowest BCUT2D eigenvalue weighted by Crippen LogP contribution is -2.14. The van der Waals surface area contributed by atoms with Gasteiger partial charge < -0.3 is 5.73 Å². The summed E-state index contributed by atoms with van der Waals surface area (Å²) in [5, 5.41) is 0. The summed E-state index contributed by atoms with van der Waals surface area (Å²) < 4.78 is 0.789. The van der Waals surface area contributed by atoms with Crippen molar-refractivity contribution in [3.05, 3.63) is 45.1 Å². The van der Waals surface area contributed by atoms with Gasteiger partial charge in [-0.1, -0.05) is 11.6 Å². The number of thiophene rings is 1. The fraction of sp³-hybridized carbons (Fsp3) is 0.273. The highest BCUT2D eigenvalue weighted by Crippen LogP contribution is 2.24. The van der Waals surface area contributed by atoms with Gasteiger partial charge in [0.1, 0.15) is 0 Å². The van der Waals surface area contributed by atoms with Crippen molar-refractivity contribution < 1.29 is 0 Å². The van der Waals surface area contributed by atoms with Gasteiger partial charge in [-0.05, 0) is 19.1 Å². The molecular weight excluding hydrogens is 242 g/mol. The Morgan fingerprint density at radius 1 is 1.38 bits per heavy atom. The van der Waals surface area contributed by atoms with Crippen LogP contribution in [0.3, 0.4) is 0 Å². The average Bonchev–Trinajstić information content (AvgIpc) is 2.65. The first-order valence-electron chi connectivity index (χ1n) is 4.93. The van der Waals surface area contributed by atoms with Crippen LogP contribution < -0.4 is 5.73 Å². The van der Waals surface area contributed by atoms with Crippen molar-refractivity contribution in [2.75, 3.05) is 0 Å². The summed E-state index contributed by atoms with van der Waals surface area (Å²) in [6, 6.07) is 3.76. The second-order valence-electron chi connectivity index (χ2n) is 3.60. The molecule has 0 amide bonds. The summed E-state index contributed by atoms with van der Waals surface area (Å²) in [5.41, 5.74) is 7.76. The Kier molecular flexibility index (Phi) is 3.53. The van der Waals surface area contributed by atoms with Gasteiger partial charge in [-0.2, -0.15) is 0 Å². The molecule has 0 aliphatic carbocycles. The molecule has 2 aromatic rings.